The number of methoxy groups -OCH3 is 1. The molecular weight excluding hydrogens is 379 g/mol. The molecule has 0 bridgehead atoms. The highest BCUT2D eigenvalue weighted by atomic mass is 19.4. The number of halogens is 3. The molecule has 0 aliphatic rings. The number of rotatable bonds is 8. The van der Waals surface area contributed by atoms with Gasteiger partial charge in [-0.3, -0.25) is 4.79 Å². The quantitative estimate of drug-likeness (QED) is 0.694. The van der Waals surface area contributed by atoms with E-state index < -0.39 is 36.8 Å². The molecule has 28 heavy (non-hydrogen) atoms. The van der Waals surface area contributed by atoms with E-state index in [2.05, 4.69) is 5.32 Å². The summed E-state index contributed by atoms with van der Waals surface area (Å²) < 4.78 is 52.6. The van der Waals surface area contributed by atoms with E-state index in [0.717, 1.165) is 23.8 Å². The van der Waals surface area contributed by atoms with Crippen molar-refractivity contribution in [3.63, 3.8) is 0 Å². The molecule has 1 amide bonds. The van der Waals surface area contributed by atoms with Crippen LogP contribution in [-0.4, -0.2) is 32.2 Å². The standard InChI is InChI=1S/C19H18F3NO5/c1-26-15-7-5-13(6-8-15)10-23-17(24)11-28-18(25)12-27-16-4-2-3-14(9-16)19(20,21)22/h2-9H,10-12H2,1H3,(H,23,24). The van der Waals surface area contributed by atoms with E-state index in [0.29, 0.717) is 5.75 Å². The fraction of sp³-hybridized carbons (Fsp3) is 0.263. The first-order chi connectivity index (χ1) is 13.3. The zero-order chi connectivity index (χ0) is 20.6. The van der Waals surface area contributed by atoms with Crippen molar-refractivity contribution in [2.75, 3.05) is 20.3 Å². The van der Waals surface area contributed by atoms with Crippen molar-refractivity contribution in [2.24, 2.45) is 0 Å². The van der Waals surface area contributed by atoms with Crippen LogP contribution >= 0.6 is 0 Å². The summed E-state index contributed by atoms with van der Waals surface area (Å²) in [5.74, 6) is -0.847. The number of carbonyl (C=O) groups is 2. The molecule has 0 heterocycles. The first kappa shape index (κ1) is 21.1. The molecule has 2 aromatic carbocycles. The summed E-state index contributed by atoms with van der Waals surface area (Å²) in [6.45, 7) is -0.908. The van der Waals surface area contributed by atoms with Crippen LogP contribution in [0, 0.1) is 0 Å². The van der Waals surface area contributed by atoms with Crippen LogP contribution in [0.15, 0.2) is 48.5 Å². The van der Waals surface area contributed by atoms with Gasteiger partial charge >= 0.3 is 12.1 Å². The Morgan fingerprint density at radius 1 is 1.00 bits per heavy atom. The van der Waals surface area contributed by atoms with Crippen LogP contribution in [0.5, 0.6) is 11.5 Å². The van der Waals surface area contributed by atoms with Gasteiger partial charge in [0, 0.05) is 6.54 Å². The molecule has 1 N–H and O–H groups in total. The summed E-state index contributed by atoms with van der Waals surface area (Å²) in [5, 5.41) is 2.57. The van der Waals surface area contributed by atoms with Gasteiger partial charge in [0.2, 0.25) is 0 Å². The number of alkyl halides is 3. The predicted octanol–water partition coefficient (Wildman–Crippen LogP) is 2.95. The molecule has 9 heteroatoms. The maximum Gasteiger partial charge on any atom is 0.416 e. The summed E-state index contributed by atoms with van der Waals surface area (Å²) in [6, 6.07) is 11.1. The third kappa shape index (κ3) is 6.82. The molecule has 0 aliphatic carbocycles. The van der Waals surface area contributed by atoms with Crippen molar-refractivity contribution in [3.8, 4) is 11.5 Å². The van der Waals surface area contributed by atoms with Gasteiger partial charge < -0.3 is 19.5 Å². The first-order valence-electron chi connectivity index (χ1n) is 8.13. The lowest BCUT2D eigenvalue weighted by molar-refractivity contribution is -0.150. The Hall–Kier alpha value is -3.23. The zero-order valence-electron chi connectivity index (χ0n) is 14.9. The number of hydrogen-bond donors (Lipinski definition) is 1. The Labute approximate surface area is 159 Å². The molecular formula is C19H18F3NO5. The molecule has 0 atom stereocenters. The van der Waals surface area contributed by atoms with Crippen molar-refractivity contribution in [3.05, 3.63) is 59.7 Å². The Kier molecular flexibility index (Phi) is 7.25. The molecule has 0 aromatic heterocycles. The highest BCUT2D eigenvalue weighted by molar-refractivity contribution is 5.80. The van der Waals surface area contributed by atoms with E-state index in [9.17, 15) is 22.8 Å². The largest absolute Gasteiger partial charge is 0.497 e. The minimum absolute atomic E-state index is 0.129. The molecule has 0 spiro atoms. The smallest absolute Gasteiger partial charge is 0.416 e. The molecule has 0 saturated carbocycles. The third-order valence-electron chi connectivity index (χ3n) is 3.53. The number of carbonyl (C=O) groups excluding carboxylic acids is 2. The topological polar surface area (TPSA) is 73.9 Å². The predicted molar refractivity (Wildman–Crippen MR) is 92.7 cm³/mol. The van der Waals surface area contributed by atoms with E-state index in [-0.39, 0.29) is 12.3 Å². The summed E-state index contributed by atoms with van der Waals surface area (Å²) in [6.07, 6.45) is -4.51. The average molecular weight is 397 g/mol. The van der Waals surface area contributed by atoms with Crippen LogP contribution in [0.1, 0.15) is 11.1 Å². The minimum Gasteiger partial charge on any atom is -0.497 e. The van der Waals surface area contributed by atoms with Gasteiger partial charge in [0.15, 0.2) is 13.2 Å². The molecule has 150 valence electrons. The molecule has 0 aliphatic heterocycles. The van der Waals surface area contributed by atoms with Crippen molar-refractivity contribution in [2.45, 2.75) is 12.7 Å². The van der Waals surface area contributed by atoms with Gasteiger partial charge in [-0.2, -0.15) is 13.2 Å². The number of ether oxygens (including phenoxy) is 3. The van der Waals surface area contributed by atoms with Crippen molar-refractivity contribution >= 4 is 11.9 Å². The van der Waals surface area contributed by atoms with E-state index >= 15 is 0 Å². The van der Waals surface area contributed by atoms with Gasteiger partial charge in [-0.25, -0.2) is 4.79 Å². The highest BCUT2D eigenvalue weighted by Crippen LogP contribution is 2.31. The molecule has 2 rings (SSSR count). The minimum atomic E-state index is -4.51. The lowest BCUT2D eigenvalue weighted by Gasteiger charge is -2.10. The Morgan fingerprint density at radius 2 is 1.71 bits per heavy atom. The molecule has 0 radical (unpaired) electrons. The fourth-order valence-corrected chi connectivity index (χ4v) is 2.09. The SMILES string of the molecule is COc1ccc(CNC(=O)COC(=O)COc2cccc(C(F)(F)F)c2)cc1. The zero-order valence-corrected chi connectivity index (χ0v) is 14.9. The fourth-order valence-electron chi connectivity index (χ4n) is 2.09. The maximum atomic E-state index is 12.6. The van der Waals surface area contributed by atoms with Gasteiger partial charge in [-0.1, -0.05) is 18.2 Å². The Balaban J connectivity index is 1.71. The van der Waals surface area contributed by atoms with Gasteiger partial charge in [0.05, 0.1) is 12.7 Å². The van der Waals surface area contributed by atoms with Crippen LogP contribution in [0.4, 0.5) is 13.2 Å². The second kappa shape index (κ2) is 9.63. The normalized spacial score (nSPS) is 10.9. The van der Waals surface area contributed by atoms with Gasteiger partial charge in [-0.15, -0.1) is 0 Å². The summed E-state index contributed by atoms with van der Waals surface area (Å²) in [5.41, 5.74) is -0.0652. The summed E-state index contributed by atoms with van der Waals surface area (Å²) >= 11 is 0. The summed E-state index contributed by atoms with van der Waals surface area (Å²) in [4.78, 5) is 23.3. The Morgan fingerprint density at radius 3 is 2.36 bits per heavy atom. The second-order valence-electron chi connectivity index (χ2n) is 5.60. The maximum absolute atomic E-state index is 12.6. The van der Waals surface area contributed by atoms with Crippen molar-refractivity contribution < 1.29 is 37.0 Å². The van der Waals surface area contributed by atoms with Gasteiger partial charge in [-0.05, 0) is 35.9 Å². The number of amides is 1. The lowest BCUT2D eigenvalue weighted by atomic mass is 10.2. The lowest BCUT2D eigenvalue weighted by Crippen LogP contribution is -2.29. The second-order valence-corrected chi connectivity index (χ2v) is 5.60. The van der Waals surface area contributed by atoms with Gasteiger partial charge in [0.25, 0.3) is 5.91 Å². The number of benzene rings is 2. The first-order valence-corrected chi connectivity index (χ1v) is 8.13. The average Bonchev–Trinajstić information content (AvgIpc) is 2.69. The molecule has 2 aromatic rings. The van der Waals surface area contributed by atoms with Gasteiger partial charge in [0.1, 0.15) is 11.5 Å². The van der Waals surface area contributed by atoms with Crippen LogP contribution in [-0.2, 0) is 27.0 Å². The number of nitrogens with one attached hydrogen (secondary N) is 1. The van der Waals surface area contributed by atoms with Crippen LogP contribution in [0.25, 0.3) is 0 Å². The van der Waals surface area contributed by atoms with E-state index in [1.54, 1.807) is 31.4 Å². The van der Waals surface area contributed by atoms with Crippen molar-refractivity contribution in [1.82, 2.24) is 5.32 Å². The number of esters is 1. The molecule has 0 fully saturated rings. The third-order valence-corrected chi connectivity index (χ3v) is 3.53. The number of hydrogen-bond acceptors (Lipinski definition) is 5. The van der Waals surface area contributed by atoms with Crippen LogP contribution < -0.4 is 14.8 Å². The molecule has 6 nitrogen and oxygen atoms in total. The van der Waals surface area contributed by atoms with E-state index in [1.807, 2.05) is 0 Å². The molecule has 0 unspecified atom stereocenters. The highest BCUT2D eigenvalue weighted by Gasteiger charge is 2.30. The molecule has 0 saturated heterocycles. The van der Waals surface area contributed by atoms with E-state index in [4.69, 9.17) is 14.2 Å². The van der Waals surface area contributed by atoms with Crippen LogP contribution in [0.2, 0.25) is 0 Å². The van der Waals surface area contributed by atoms with Crippen LogP contribution in [0.3, 0.4) is 0 Å². The summed E-state index contributed by atoms with van der Waals surface area (Å²) in [7, 11) is 1.54. The Bertz CT molecular complexity index is 806. The monoisotopic (exact) mass is 397 g/mol. The van der Waals surface area contributed by atoms with Crippen molar-refractivity contribution in [1.29, 1.82) is 0 Å². The van der Waals surface area contributed by atoms with E-state index in [1.165, 1.54) is 6.07 Å².